The SMILES string of the molecule is NC(=O)c1cnc(NC2CCc3cccnc3C2)nc1N[C@@H]1CCC[C@H](O)C1. The molecular formula is C20H26N6O2. The van der Waals surface area contributed by atoms with Gasteiger partial charge in [-0.2, -0.15) is 4.98 Å². The highest BCUT2D eigenvalue weighted by Crippen LogP contribution is 2.25. The van der Waals surface area contributed by atoms with E-state index in [4.69, 9.17) is 5.73 Å². The molecule has 1 saturated carbocycles. The molecule has 4 rings (SSSR count). The summed E-state index contributed by atoms with van der Waals surface area (Å²) in [5, 5.41) is 16.6. The number of primary amides is 1. The Morgan fingerprint density at radius 1 is 1.18 bits per heavy atom. The smallest absolute Gasteiger partial charge is 0.254 e. The Morgan fingerprint density at radius 3 is 2.89 bits per heavy atom. The number of aryl methyl sites for hydroxylation is 1. The van der Waals surface area contributed by atoms with Crippen molar-refractivity contribution >= 4 is 17.7 Å². The Balaban J connectivity index is 1.49. The fourth-order valence-electron chi connectivity index (χ4n) is 4.08. The summed E-state index contributed by atoms with van der Waals surface area (Å²) in [6.07, 6.45) is 9.02. The first-order chi connectivity index (χ1) is 13.6. The van der Waals surface area contributed by atoms with E-state index in [0.717, 1.165) is 44.2 Å². The lowest BCUT2D eigenvalue weighted by atomic mass is 9.92. The summed E-state index contributed by atoms with van der Waals surface area (Å²) in [5.41, 5.74) is 8.16. The molecule has 3 atom stereocenters. The number of nitrogens with zero attached hydrogens (tertiary/aromatic N) is 3. The van der Waals surface area contributed by atoms with Gasteiger partial charge in [0.2, 0.25) is 5.95 Å². The van der Waals surface area contributed by atoms with Crippen molar-refractivity contribution in [1.82, 2.24) is 15.0 Å². The number of carbonyl (C=O) groups excluding carboxylic acids is 1. The molecule has 8 nitrogen and oxygen atoms in total. The quantitative estimate of drug-likeness (QED) is 0.619. The molecular weight excluding hydrogens is 356 g/mol. The summed E-state index contributed by atoms with van der Waals surface area (Å²) in [6, 6.07) is 4.34. The molecule has 2 aromatic heterocycles. The largest absolute Gasteiger partial charge is 0.393 e. The summed E-state index contributed by atoms with van der Waals surface area (Å²) >= 11 is 0. The van der Waals surface area contributed by atoms with Crippen LogP contribution in [0.2, 0.25) is 0 Å². The van der Waals surface area contributed by atoms with Crippen LogP contribution in [0.3, 0.4) is 0 Å². The van der Waals surface area contributed by atoms with E-state index >= 15 is 0 Å². The third-order valence-corrected chi connectivity index (χ3v) is 5.56. The lowest BCUT2D eigenvalue weighted by Crippen LogP contribution is -2.32. The van der Waals surface area contributed by atoms with Crippen LogP contribution in [-0.4, -0.2) is 44.2 Å². The van der Waals surface area contributed by atoms with E-state index in [-0.39, 0.29) is 23.8 Å². The van der Waals surface area contributed by atoms with Gasteiger partial charge >= 0.3 is 0 Å². The van der Waals surface area contributed by atoms with Gasteiger partial charge in [-0.15, -0.1) is 0 Å². The average molecular weight is 382 g/mol. The molecule has 0 aliphatic heterocycles. The number of fused-ring (bicyclic) bond motifs is 1. The number of carbonyl (C=O) groups is 1. The van der Waals surface area contributed by atoms with E-state index in [0.29, 0.717) is 18.2 Å². The van der Waals surface area contributed by atoms with Crippen LogP contribution in [0.25, 0.3) is 0 Å². The lowest BCUT2D eigenvalue weighted by molar-refractivity contribution is 0.100. The van der Waals surface area contributed by atoms with E-state index in [1.54, 1.807) is 0 Å². The molecule has 1 unspecified atom stereocenters. The maximum atomic E-state index is 11.8. The molecule has 2 aliphatic rings. The molecule has 5 N–H and O–H groups in total. The highest BCUT2D eigenvalue weighted by molar-refractivity contribution is 5.97. The second-order valence-corrected chi connectivity index (χ2v) is 7.68. The highest BCUT2D eigenvalue weighted by Gasteiger charge is 2.24. The normalized spacial score (nSPS) is 24.2. The standard InChI is InChI=1S/C20H26N6O2/c21-18(28)16-11-23-20(26-19(16)24-13-4-1-5-15(27)9-13)25-14-7-6-12-3-2-8-22-17(12)10-14/h2-3,8,11,13-15,27H,1,4-7,9-10H2,(H2,21,28)(H2,23,24,25,26)/t13-,14?,15+/m1/s1. The van der Waals surface area contributed by atoms with Crippen molar-refractivity contribution in [3.8, 4) is 0 Å². The number of aliphatic hydroxyl groups excluding tert-OH is 1. The van der Waals surface area contributed by atoms with Gasteiger partial charge in [-0.25, -0.2) is 4.98 Å². The minimum atomic E-state index is -0.568. The number of rotatable bonds is 5. The molecule has 28 heavy (non-hydrogen) atoms. The fraction of sp³-hybridized carbons (Fsp3) is 0.500. The van der Waals surface area contributed by atoms with Gasteiger partial charge in [0.15, 0.2) is 0 Å². The third-order valence-electron chi connectivity index (χ3n) is 5.56. The van der Waals surface area contributed by atoms with Crippen molar-refractivity contribution in [1.29, 1.82) is 0 Å². The summed E-state index contributed by atoms with van der Waals surface area (Å²) in [7, 11) is 0. The van der Waals surface area contributed by atoms with Gasteiger partial charge in [-0.3, -0.25) is 9.78 Å². The van der Waals surface area contributed by atoms with Crippen molar-refractivity contribution in [3.05, 3.63) is 41.3 Å². The number of nitrogens with one attached hydrogen (secondary N) is 2. The first-order valence-corrected chi connectivity index (χ1v) is 9.89. The number of amides is 1. The molecule has 2 aromatic rings. The van der Waals surface area contributed by atoms with E-state index in [2.05, 4.69) is 31.7 Å². The molecule has 2 heterocycles. The average Bonchev–Trinajstić information content (AvgIpc) is 2.68. The summed E-state index contributed by atoms with van der Waals surface area (Å²) in [5.74, 6) is 0.327. The molecule has 1 fully saturated rings. The summed E-state index contributed by atoms with van der Waals surface area (Å²) in [6.45, 7) is 0. The lowest BCUT2D eigenvalue weighted by Gasteiger charge is -2.28. The molecule has 0 radical (unpaired) electrons. The Kier molecular flexibility index (Phi) is 5.38. The van der Waals surface area contributed by atoms with Crippen LogP contribution in [0.4, 0.5) is 11.8 Å². The molecule has 0 saturated heterocycles. The predicted octanol–water partition coefficient (Wildman–Crippen LogP) is 1.66. The number of aliphatic hydroxyl groups is 1. The Bertz CT molecular complexity index is 858. The topological polar surface area (TPSA) is 126 Å². The van der Waals surface area contributed by atoms with Gasteiger partial charge in [0.05, 0.1) is 11.7 Å². The van der Waals surface area contributed by atoms with E-state index in [9.17, 15) is 9.90 Å². The Labute approximate surface area is 164 Å². The van der Waals surface area contributed by atoms with Gasteiger partial charge in [0, 0.05) is 36.6 Å². The first kappa shape index (κ1) is 18.6. The van der Waals surface area contributed by atoms with Crippen molar-refractivity contribution in [3.63, 3.8) is 0 Å². The Morgan fingerprint density at radius 2 is 2.07 bits per heavy atom. The predicted molar refractivity (Wildman–Crippen MR) is 106 cm³/mol. The van der Waals surface area contributed by atoms with Crippen LogP contribution in [0.15, 0.2) is 24.5 Å². The van der Waals surface area contributed by atoms with Gasteiger partial charge in [-0.1, -0.05) is 6.07 Å². The van der Waals surface area contributed by atoms with E-state index in [1.807, 2.05) is 12.3 Å². The van der Waals surface area contributed by atoms with Gasteiger partial charge in [-0.05, 0) is 50.2 Å². The zero-order valence-corrected chi connectivity index (χ0v) is 15.8. The molecule has 2 aliphatic carbocycles. The van der Waals surface area contributed by atoms with Crippen LogP contribution in [-0.2, 0) is 12.8 Å². The fourth-order valence-corrected chi connectivity index (χ4v) is 4.08. The minimum absolute atomic E-state index is 0.0651. The van der Waals surface area contributed by atoms with Crippen LogP contribution >= 0.6 is 0 Å². The highest BCUT2D eigenvalue weighted by atomic mass is 16.3. The molecule has 148 valence electrons. The van der Waals surface area contributed by atoms with Gasteiger partial charge < -0.3 is 21.5 Å². The maximum absolute atomic E-state index is 11.8. The van der Waals surface area contributed by atoms with Gasteiger partial charge in [0.25, 0.3) is 5.91 Å². The number of nitrogens with two attached hydrogens (primary N) is 1. The second-order valence-electron chi connectivity index (χ2n) is 7.68. The van der Waals surface area contributed by atoms with Gasteiger partial charge in [0.1, 0.15) is 5.82 Å². The maximum Gasteiger partial charge on any atom is 0.254 e. The minimum Gasteiger partial charge on any atom is -0.393 e. The number of anilines is 2. The van der Waals surface area contributed by atoms with Crippen molar-refractivity contribution in [2.75, 3.05) is 10.6 Å². The van der Waals surface area contributed by atoms with Crippen LogP contribution in [0.1, 0.15) is 53.7 Å². The van der Waals surface area contributed by atoms with E-state index < -0.39 is 5.91 Å². The molecule has 0 aromatic carbocycles. The van der Waals surface area contributed by atoms with Crippen molar-refractivity contribution in [2.45, 2.75) is 63.1 Å². The Hall–Kier alpha value is -2.74. The summed E-state index contributed by atoms with van der Waals surface area (Å²) < 4.78 is 0. The van der Waals surface area contributed by atoms with Crippen LogP contribution in [0.5, 0.6) is 0 Å². The number of hydrogen-bond acceptors (Lipinski definition) is 7. The first-order valence-electron chi connectivity index (χ1n) is 9.89. The van der Waals surface area contributed by atoms with E-state index in [1.165, 1.54) is 11.8 Å². The molecule has 8 heteroatoms. The number of aromatic nitrogens is 3. The summed E-state index contributed by atoms with van der Waals surface area (Å²) in [4.78, 5) is 25.1. The number of pyridine rings is 1. The molecule has 0 bridgehead atoms. The monoisotopic (exact) mass is 382 g/mol. The third kappa shape index (κ3) is 4.22. The molecule has 0 spiro atoms. The van der Waals surface area contributed by atoms with Crippen molar-refractivity contribution in [2.24, 2.45) is 5.73 Å². The van der Waals surface area contributed by atoms with Crippen molar-refractivity contribution < 1.29 is 9.90 Å². The zero-order valence-electron chi connectivity index (χ0n) is 15.8. The number of hydrogen-bond donors (Lipinski definition) is 4. The molecule has 1 amide bonds. The van der Waals surface area contributed by atoms with Crippen LogP contribution < -0.4 is 16.4 Å². The van der Waals surface area contributed by atoms with Crippen LogP contribution in [0, 0.1) is 0 Å². The zero-order chi connectivity index (χ0) is 19.5. The second kappa shape index (κ2) is 8.10.